The van der Waals surface area contributed by atoms with Gasteiger partial charge in [-0.1, -0.05) is 64.3 Å². The van der Waals surface area contributed by atoms with Crippen molar-refractivity contribution < 1.29 is 0 Å². The highest BCUT2D eigenvalue weighted by Gasteiger charge is 2.56. The maximum Gasteiger partial charge on any atom is -0.00476 e. The van der Waals surface area contributed by atoms with Gasteiger partial charge in [0.2, 0.25) is 0 Å². The van der Waals surface area contributed by atoms with E-state index in [0.717, 1.165) is 29.6 Å². The van der Waals surface area contributed by atoms with Gasteiger partial charge in [0, 0.05) is 0 Å². The molecule has 4 aliphatic carbocycles. The van der Waals surface area contributed by atoms with Crippen LogP contribution in [0.2, 0.25) is 0 Å². The normalized spacial score (nSPS) is 47.7. The lowest BCUT2D eigenvalue weighted by Gasteiger charge is -2.53. The molecule has 0 aliphatic heterocycles. The smallest absolute Gasteiger partial charge is 0.00476 e. The highest BCUT2D eigenvalue weighted by atomic mass is 14.6. The first-order chi connectivity index (χ1) is 11.9. The fourth-order valence-corrected chi connectivity index (χ4v) is 7.58. The van der Waals surface area contributed by atoms with Crippen molar-refractivity contribution in [3.05, 3.63) is 23.3 Å². The molecule has 3 saturated carbocycles. The van der Waals surface area contributed by atoms with Gasteiger partial charge < -0.3 is 0 Å². The predicted molar refractivity (Wildman–Crippen MR) is 108 cm³/mol. The molecule has 0 amide bonds. The van der Waals surface area contributed by atoms with Crippen LogP contribution in [0.25, 0.3) is 0 Å². The number of hydrogen-bond donors (Lipinski definition) is 0. The minimum Gasteiger partial charge on any atom is -0.0651 e. The second-order valence-electron chi connectivity index (χ2n) is 10.7. The van der Waals surface area contributed by atoms with Crippen molar-refractivity contribution in [3.8, 4) is 0 Å². The molecule has 0 aromatic rings. The quantitative estimate of drug-likeness (QED) is 0.486. The summed E-state index contributed by atoms with van der Waals surface area (Å²) in [5.41, 5.74) is 4.73. The largest absolute Gasteiger partial charge is 0.0651 e. The molecule has 0 bridgehead atoms. The number of allylic oxidation sites excluding steroid dienone is 4. The number of hydrogen-bond acceptors (Lipinski definition) is 0. The molecule has 0 aromatic heterocycles. The lowest BCUT2D eigenvalue weighted by molar-refractivity contribution is 0.0531. The van der Waals surface area contributed by atoms with E-state index in [1.165, 1.54) is 57.8 Å². The molecule has 0 radical (unpaired) electrons. The van der Waals surface area contributed by atoms with Crippen LogP contribution in [-0.4, -0.2) is 0 Å². The van der Waals surface area contributed by atoms with Crippen LogP contribution in [-0.2, 0) is 0 Å². The lowest BCUT2D eigenvalue weighted by Crippen LogP contribution is -2.44. The fraction of sp³-hybridized carbons (Fsp3) is 0.840. The Morgan fingerprint density at radius 2 is 1.80 bits per heavy atom. The van der Waals surface area contributed by atoms with Gasteiger partial charge in [-0.25, -0.2) is 0 Å². The SMILES string of the molecule is CCC(C)C1CCC2C3=CC=C4CCC(C)CCC4(C)C3CCC21C. The molecule has 4 aliphatic rings. The van der Waals surface area contributed by atoms with E-state index in [1.54, 1.807) is 5.57 Å². The van der Waals surface area contributed by atoms with Gasteiger partial charge in [-0.15, -0.1) is 0 Å². The third kappa shape index (κ3) is 2.61. The van der Waals surface area contributed by atoms with E-state index in [1.807, 2.05) is 5.57 Å². The molecular weight excluding hydrogens is 300 g/mol. The summed E-state index contributed by atoms with van der Waals surface area (Å²) in [5, 5.41) is 0. The highest BCUT2D eigenvalue weighted by molar-refractivity contribution is 5.38. The van der Waals surface area contributed by atoms with Gasteiger partial charge in [0.15, 0.2) is 0 Å². The minimum atomic E-state index is 0.477. The van der Waals surface area contributed by atoms with Gasteiger partial charge in [0.05, 0.1) is 0 Å². The summed E-state index contributed by atoms with van der Waals surface area (Å²) in [6.07, 6.45) is 18.1. The molecule has 0 heteroatoms. The van der Waals surface area contributed by atoms with Crippen molar-refractivity contribution in [2.24, 2.45) is 40.4 Å². The van der Waals surface area contributed by atoms with E-state index in [-0.39, 0.29) is 0 Å². The third-order valence-corrected chi connectivity index (χ3v) is 9.56. The number of fused-ring (bicyclic) bond motifs is 5. The maximum absolute atomic E-state index is 2.66. The summed E-state index contributed by atoms with van der Waals surface area (Å²) in [6.45, 7) is 12.7. The average Bonchev–Trinajstić information content (AvgIpc) is 2.87. The van der Waals surface area contributed by atoms with E-state index in [4.69, 9.17) is 0 Å². The van der Waals surface area contributed by atoms with E-state index in [0.29, 0.717) is 10.8 Å². The molecule has 0 saturated heterocycles. The first-order valence-electron chi connectivity index (χ1n) is 11.3. The van der Waals surface area contributed by atoms with Crippen molar-refractivity contribution in [2.45, 2.75) is 92.4 Å². The summed E-state index contributed by atoms with van der Waals surface area (Å²) in [5.74, 6) is 4.50. The lowest BCUT2D eigenvalue weighted by atomic mass is 9.51. The molecule has 0 aromatic carbocycles. The highest BCUT2D eigenvalue weighted by Crippen LogP contribution is 2.65. The predicted octanol–water partition coefficient (Wildman–Crippen LogP) is 7.56. The Balaban J connectivity index is 1.67. The van der Waals surface area contributed by atoms with Gasteiger partial charge >= 0.3 is 0 Å². The Kier molecular flexibility index (Phi) is 4.49. The first kappa shape index (κ1) is 17.9. The molecule has 140 valence electrons. The summed E-state index contributed by atoms with van der Waals surface area (Å²) < 4.78 is 0. The Morgan fingerprint density at radius 3 is 2.56 bits per heavy atom. The molecule has 0 nitrogen and oxygen atoms in total. The van der Waals surface area contributed by atoms with Crippen molar-refractivity contribution in [3.63, 3.8) is 0 Å². The molecule has 0 spiro atoms. The Labute approximate surface area is 156 Å². The van der Waals surface area contributed by atoms with E-state index in [2.05, 4.69) is 46.8 Å². The van der Waals surface area contributed by atoms with Gasteiger partial charge in [0.25, 0.3) is 0 Å². The molecule has 0 N–H and O–H groups in total. The fourth-order valence-electron chi connectivity index (χ4n) is 7.58. The van der Waals surface area contributed by atoms with Gasteiger partial charge in [-0.3, -0.25) is 0 Å². The van der Waals surface area contributed by atoms with Crippen molar-refractivity contribution >= 4 is 0 Å². The van der Waals surface area contributed by atoms with Crippen LogP contribution >= 0.6 is 0 Å². The van der Waals surface area contributed by atoms with Crippen molar-refractivity contribution in [1.82, 2.24) is 0 Å². The zero-order valence-corrected chi connectivity index (χ0v) is 17.4. The molecule has 25 heavy (non-hydrogen) atoms. The van der Waals surface area contributed by atoms with Crippen molar-refractivity contribution in [1.29, 1.82) is 0 Å². The first-order valence-corrected chi connectivity index (χ1v) is 11.3. The molecular formula is C25H40. The molecule has 3 fully saturated rings. The monoisotopic (exact) mass is 340 g/mol. The zero-order valence-electron chi connectivity index (χ0n) is 17.4. The summed E-state index contributed by atoms with van der Waals surface area (Å²) in [4.78, 5) is 0. The van der Waals surface area contributed by atoms with Crippen LogP contribution in [0, 0.1) is 40.4 Å². The summed E-state index contributed by atoms with van der Waals surface area (Å²) in [7, 11) is 0. The third-order valence-electron chi connectivity index (χ3n) is 9.56. The van der Waals surface area contributed by atoms with Crippen LogP contribution in [0.1, 0.15) is 92.4 Å². The van der Waals surface area contributed by atoms with E-state index < -0.39 is 0 Å². The van der Waals surface area contributed by atoms with Crippen molar-refractivity contribution in [2.75, 3.05) is 0 Å². The summed E-state index contributed by atoms with van der Waals surface area (Å²) >= 11 is 0. The van der Waals surface area contributed by atoms with Crippen LogP contribution in [0.4, 0.5) is 0 Å². The van der Waals surface area contributed by atoms with Crippen LogP contribution in [0.5, 0.6) is 0 Å². The van der Waals surface area contributed by atoms with Gasteiger partial charge in [-0.05, 0) is 91.8 Å². The molecule has 7 unspecified atom stereocenters. The molecule has 7 atom stereocenters. The Hall–Kier alpha value is -0.520. The van der Waals surface area contributed by atoms with Crippen LogP contribution in [0.15, 0.2) is 23.3 Å². The maximum atomic E-state index is 2.66. The van der Waals surface area contributed by atoms with Crippen LogP contribution in [0.3, 0.4) is 0 Å². The Bertz CT molecular complexity index is 581. The van der Waals surface area contributed by atoms with Gasteiger partial charge in [0.1, 0.15) is 0 Å². The standard InChI is InChI=1S/C25H40/c1-6-18(3)21-11-12-22-20-10-9-19-8-7-17(2)13-15-24(19,4)23(20)14-16-25(21,22)5/h9-10,17-18,21-23H,6-8,11-16H2,1-5H3. The zero-order chi connectivity index (χ0) is 17.8. The van der Waals surface area contributed by atoms with E-state index >= 15 is 0 Å². The topological polar surface area (TPSA) is 0 Å². The average molecular weight is 341 g/mol. The second-order valence-corrected chi connectivity index (χ2v) is 10.7. The van der Waals surface area contributed by atoms with E-state index in [9.17, 15) is 0 Å². The Morgan fingerprint density at radius 1 is 1.00 bits per heavy atom. The second kappa shape index (κ2) is 6.28. The molecule has 0 heterocycles. The minimum absolute atomic E-state index is 0.477. The summed E-state index contributed by atoms with van der Waals surface area (Å²) in [6, 6.07) is 0. The molecule has 4 rings (SSSR count). The van der Waals surface area contributed by atoms with Gasteiger partial charge in [-0.2, -0.15) is 0 Å². The van der Waals surface area contributed by atoms with Crippen LogP contribution < -0.4 is 0 Å². The number of rotatable bonds is 2.